The lowest BCUT2D eigenvalue weighted by Gasteiger charge is -2.40. The summed E-state index contributed by atoms with van der Waals surface area (Å²) in [5.41, 5.74) is 1.18. The van der Waals surface area contributed by atoms with Gasteiger partial charge in [0.2, 0.25) is 0 Å². The lowest BCUT2D eigenvalue weighted by Crippen LogP contribution is -2.47. The maximum atomic E-state index is 14.2. The number of aromatic nitrogens is 1. The van der Waals surface area contributed by atoms with Crippen LogP contribution in [0.4, 0.5) is 13.2 Å². The summed E-state index contributed by atoms with van der Waals surface area (Å²) >= 11 is 0. The number of hydrogen-bond acceptors (Lipinski definition) is 4. The quantitative estimate of drug-likeness (QED) is 0.406. The fraction of sp³-hybridized carbons (Fsp3) is 0.357. The molecule has 0 spiro atoms. The molecule has 190 valence electrons. The molecule has 1 aromatic heterocycles. The smallest absolute Gasteiger partial charge is 0.272 e. The van der Waals surface area contributed by atoms with E-state index < -0.39 is 17.5 Å². The third-order valence-corrected chi connectivity index (χ3v) is 6.98. The van der Waals surface area contributed by atoms with Gasteiger partial charge in [-0.1, -0.05) is 18.2 Å². The largest absolute Gasteiger partial charge is 0.497 e. The molecule has 1 unspecified atom stereocenters. The number of hydrogen-bond donors (Lipinski definition) is 0. The molecular formula is C28H30F3N3O2. The van der Waals surface area contributed by atoms with Gasteiger partial charge in [-0.05, 0) is 80.2 Å². The van der Waals surface area contributed by atoms with E-state index >= 15 is 0 Å². The number of likely N-dealkylation sites (N-methyl/N-ethyl adjacent to an activating group) is 1. The van der Waals surface area contributed by atoms with Gasteiger partial charge in [-0.2, -0.15) is 0 Å². The number of ether oxygens (including phenoxy) is 1. The summed E-state index contributed by atoms with van der Waals surface area (Å²) in [5, 5.41) is 0. The van der Waals surface area contributed by atoms with Crippen molar-refractivity contribution in [3.8, 4) is 5.75 Å². The first-order chi connectivity index (χ1) is 17.4. The summed E-state index contributed by atoms with van der Waals surface area (Å²) < 4.78 is 47.3. The van der Waals surface area contributed by atoms with E-state index in [4.69, 9.17) is 4.74 Å². The van der Waals surface area contributed by atoms with E-state index in [9.17, 15) is 18.0 Å². The summed E-state index contributed by atoms with van der Waals surface area (Å²) in [4.78, 5) is 21.2. The molecule has 2 aromatic carbocycles. The highest BCUT2D eigenvalue weighted by Gasteiger charge is 2.33. The van der Waals surface area contributed by atoms with Crippen molar-refractivity contribution >= 4 is 5.91 Å². The van der Waals surface area contributed by atoms with Crippen LogP contribution < -0.4 is 4.74 Å². The van der Waals surface area contributed by atoms with Crippen molar-refractivity contribution in [1.82, 2.24) is 14.8 Å². The molecule has 1 amide bonds. The van der Waals surface area contributed by atoms with Crippen LogP contribution in [0.1, 0.15) is 34.5 Å². The average Bonchev–Trinajstić information content (AvgIpc) is 2.92. The van der Waals surface area contributed by atoms with E-state index in [1.807, 2.05) is 29.2 Å². The van der Waals surface area contributed by atoms with E-state index in [1.165, 1.54) is 0 Å². The monoisotopic (exact) mass is 497 g/mol. The first-order valence-corrected chi connectivity index (χ1v) is 12.0. The van der Waals surface area contributed by atoms with Gasteiger partial charge in [0.25, 0.3) is 5.91 Å². The van der Waals surface area contributed by atoms with Crippen LogP contribution in [0.2, 0.25) is 0 Å². The molecule has 0 saturated carbocycles. The highest BCUT2D eigenvalue weighted by atomic mass is 19.2. The van der Waals surface area contributed by atoms with Crippen LogP contribution >= 0.6 is 0 Å². The zero-order valence-electron chi connectivity index (χ0n) is 20.5. The summed E-state index contributed by atoms with van der Waals surface area (Å²) in [6.45, 7) is 1.17. The molecule has 0 radical (unpaired) electrons. The number of piperidine rings is 1. The Morgan fingerprint density at radius 3 is 2.53 bits per heavy atom. The highest BCUT2D eigenvalue weighted by molar-refractivity contribution is 5.92. The number of halogens is 3. The van der Waals surface area contributed by atoms with Gasteiger partial charge in [0.05, 0.1) is 7.11 Å². The number of likely N-dealkylation sites (tertiary alicyclic amines) is 1. The molecule has 4 rings (SSSR count). The fourth-order valence-corrected chi connectivity index (χ4v) is 4.91. The Hall–Kier alpha value is -3.39. The van der Waals surface area contributed by atoms with Crippen molar-refractivity contribution in [3.05, 3.63) is 95.1 Å². The number of amides is 1. The summed E-state index contributed by atoms with van der Waals surface area (Å²) in [6, 6.07) is 14.7. The second-order valence-corrected chi connectivity index (χ2v) is 9.19. The van der Waals surface area contributed by atoms with Crippen LogP contribution in [0.15, 0.2) is 60.8 Å². The van der Waals surface area contributed by atoms with E-state index in [-0.39, 0.29) is 30.0 Å². The predicted octanol–water partition coefficient (Wildman–Crippen LogP) is 5.10. The Kier molecular flexibility index (Phi) is 8.25. The number of carbonyl (C=O) groups is 1. The minimum Gasteiger partial charge on any atom is -0.497 e. The SMILES string of the molecule is COc1cccc(CC(C2CCN(Cc3c(F)ccc(F)c3F)CC2)N(C)C(=O)c2ccccn2)c1. The number of carbonyl (C=O) groups excluding carboxylic acids is 1. The van der Waals surface area contributed by atoms with Crippen LogP contribution in [0.25, 0.3) is 0 Å². The van der Waals surface area contributed by atoms with Crippen LogP contribution in [-0.2, 0) is 13.0 Å². The number of pyridine rings is 1. The van der Waals surface area contributed by atoms with Crippen molar-refractivity contribution in [1.29, 1.82) is 0 Å². The Balaban J connectivity index is 1.51. The maximum absolute atomic E-state index is 14.2. The lowest BCUT2D eigenvalue weighted by molar-refractivity contribution is 0.0577. The summed E-state index contributed by atoms with van der Waals surface area (Å²) in [6.07, 6.45) is 3.69. The van der Waals surface area contributed by atoms with Crippen molar-refractivity contribution in [2.45, 2.75) is 31.8 Å². The molecule has 36 heavy (non-hydrogen) atoms. The molecule has 1 aliphatic rings. The predicted molar refractivity (Wildman–Crippen MR) is 131 cm³/mol. The number of nitrogens with zero attached hydrogens (tertiary/aromatic N) is 3. The summed E-state index contributed by atoms with van der Waals surface area (Å²) in [5.74, 6) is -2.17. The Morgan fingerprint density at radius 1 is 1.08 bits per heavy atom. The van der Waals surface area contributed by atoms with Gasteiger partial charge >= 0.3 is 0 Å². The topological polar surface area (TPSA) is 45.7 Å². The zero-order chi connectivity index (χ0) is 25.7. The van der Waals surface area contributed by atoms with E-state index in [2.05, 4.69) is 4.98 Å². The van der Waals surface area contributed by atoms with E-state index in [0.717, 1.165) is 36.3 Å². The van der Waals surface area contributed by atoms with E-state index in [1.54, 1.807) is 43.5 Å². The molecule has 0 bridgehead atoms. The third kappa shape index (κ3) is 5.87. The molecule has 0 aliphatic carbocycles. The van der Waals surface area contributed by atoms with Crippen molar-refractivity contribution < 1.29 is 22.7 Å². The highest BCUT2D eigenvalue weighted by Crippen LogP contribution is 2.29. The maximum Gasteiger partial charge on any atom is 0.272 e. The Morgan fingerprint density at radius 2 is 1.83 bits per heavy atom. The molecule has 1 fully saturated rings. The number of benzene rings is 2. The lowest BCUT2D eigenvalue weighted by atomic mass is 9.84. The number of methoxy groups -OCH3 is 1. The molecule has 2 heterocycles. The molecule has 3 aromatic rings. The van der Waals surface area contributed by atoms with Crippen LogP contribution in [-0.4, -0.2) is 54.0 Å². The molecule has 8 heteroatoms. The molecule has 1 atom stereocenters. The van der Waals surface area contributed by atoms with Crippen molar-refractivity contribution in [2.24, 2.45) is 5.92 Å². The zero-order valence-corrected chi connectivity index (χ0v) is 20.5. The van der Waals surface area contributed by atoms with Crippen molar-refractivity contribution in [3.63, 3.8) is 0 Å². The van der Waals surface area contributed by atoms with Crippen LogP contribution in [0, 0.1) is 23.4 Å². The van der Waals surface area contributed by atoms with E-state index in [0.29, 0.717) is 25.2 Å². The number of rotatable bonds is 8. The van der Waals surface area contributed by atoms with Gasteiger partial charge < -0.3 is 9.64 Å². The van der Waals surface area contributed by atoms with Gasteiger partial charge in [-0.15, -0.1) is 0 Å². The third-order valence-electron chi connectivity index (χ3n) is 6.98. The molecule has 1 saturated heterocycles. The molecule has 1 aliphatic heterocycles. The second kappa shape index (κ2) is 11.6. The van der Waals surface area contributed by atoms with Gasteiger partial charge in [0.1, 0.15) is 17.3 Å². The minimum atomic E-state index is -1.13. The van der Waals surface area contributed by atoms with Crippen LogP contribution in [0.3, 0.4) is 0 Å². The first-order valence-electron chi connectivity index (χ1n) is 12.0. The van der Waals surface area contributed by atoms with Gasteiger partial charge in [-0.3, -0.25) is 14.7 Å². The fourth-order valence-electron chi connectivity index (χ4n) is 4.91. The van der Waals surface area contributed by atoms with Gasteiger partial charge in [0, 0.05) is 31.4 Å². The van der Waals surface area contributed by atoms with Crippen molar-refractivity contribution in [2.75, 3.05) is 27.2 Å². The Bertz CT molecular complexity index is 1180. The molecule has 0 N–H and O–H groups in total. The Labute approximate surface area is 209 Å². The molecular weight excluding hydrogens is 467 g/mol. The van der Waals surface area contributed by atoms with Gasteiger partial charge in [-0.25, -0.2) is 13.2 Å². The first kappa shape index (κ1) is 25.7. The van der Waals surface area contributed by atoms with Gasteiger partial charge in [0.15, 0.2) is 11.6 Å². The molecule has 5 nitrogen and oxygen atoms in total. The van der Waals surface area contributed by atoms with Crippen LogP contribution in [0.5, 0.6) is 5.75 Å². The average molecular weight is 498 g/mol. The normalized spacial score (nSPS) is 15.5. The summed E-state index contributed by atoms with van der Waals surface area (Å²) in [7, 11) is 3.42. The standard InChI is InChI=1S/C28H30F3N3O2/c1-33(28(35)25-8-3-4-13-32-25)26(17-19-6-5-7-21(16-19)36-2)20-11-14-34(15-12-20)18-22-23(29)9-10-24(30)27(22)31/h3-10,13,16,20,26H,11-12,14-15,17-18H2,1-2H3. The minimum absolute atomic E-state index is 0.00536. The second-order valence-electron chi connectivity index (χ2n) is 9.19.